The highest BCUT2D eigenvalue weighted by molar-refractivity contribution is 5.71. The Hall–Kier alpha value is -3.15. The minimum atomic E-state index is -0.788. The molecular weight excluding hydrogens is 733 g/mol. The fourth-order valence-electron chi connectivity index (χ4n) is 6.63. The summed E-state index contributed by atoms with van der Waals surface area (Å²) in [5.41, 5.74) is 0. The van der Waals surface area contributed by atoms with Gasteiger partial charge in [-0.15, -0.1) is 0 Å². The van der Waals surface area contributed by atoms with E-state index in [0.29, 0.717) is 19.3 Å². The van der Waals surface area contributed by atoms with Crippen molar-refractivity contribution in [2.45, 2.75) is 232 Å². The molecule has 6 nitrogen and oxygen atoms in total. The van der Waals surface area contributed by atoms with E-state index in [2.05, 4.69) is 93.7 Å². The third kappa shape index (κ3) is 45.8. The van der Waals surface area contributed by atoms with E-state index in [9.17, 15) is 14.4 Å². The number of ether oxygens (including phenoxy) is 3. The van der Waals surface area contributed by atoms with Gasteiger partial charge in [0, 0.05) is 19.3 Å². The van der Waals surface area contributed by atoms with Crippen molar-refractivity contribution in [1.29, 1.82) is 0 Å². The predicted octanol–water partition coefficient (Wildman–Crippen LogP) is 15.9. The van der Waals surface area contributed by atoms with Crippen LogP contribution in [0.2, 0.25) is 0 Å². The third-order valence-corrected chi connectivity index (χ3v) is 10.3. The van der Waals surface area contributed by atoms with Crippen molar-refractivity contribution in [1.82, 2.24) is 0 Å². The van der Waals surface area contributed by atoms with Crippen LogP contribution in [0, 0.1) is 0 Å². The molecule has 0 aromatic carbocycles. The van der Waals surface area contributed by atoms with E-state index < -0.39 is 6.10 Å². The Morgan fingerprint density at radius 2 is 0.746 bits per heavy atom. The fraction of sp³-hybridized carbons (Fsp3) is 0.717. The number of hydrogen-bond donors (Lipinski definition) is 0. The van der Waals surface area contributed by atoms with Gasteiger partial charge in [-0.25, -0.2) is 0 Å². The van der Waals surface area contributed by atoms with E-state index in [-0.39, 0.29) is 31.1 Å². The lowest BCUT2D eigenvalue weighted by Gasteiger charge is -2.18. The second-order valence-corrected chi connectivity index (χ2v) is 16.0. The minimum absolute atomic E-state index is 0.0871. The fourth-order valence-corrected chi connectivity index (χ4v) is 6.63. The van der Waals surface area contributed by atoms with E-state index in [1.807, 2.05) is 0 Å². The molecule has 0 saturated carbocycles. The van der Waals surface area contributed by atoms with Gasteiger partial charge in [-0.3, -0.25) is 14.4 Å². The summed E-state index contributed by atoms with van der Waals surface area (Å²) in [7, 11) is 0. The molecule has 0 rings (SSSR count). The molecule has 0 aliphatic heterocycles. The van der Waals surface area contributed by atoms with Crippen LogP contribution < -0.4 is 0 Å². The summed E-state index contributed by atoms with van der Waals surface area (Å²) in [6.45, 7) is 6.36. The van der Waals surface area contributed by atoms with Crippen molar-refractivity contribution in [2.24, 2.45) is 0 Å². The molecule has 0 aliphatic carbocycles. The highest BCUT2D eigenvalue weighted by Crippen LogP contribution is 2.14. The first kappa shape index (κ1) is 55.9. The van der Waals surface area contributed by atoms with Gasteiger partial charge in [0.25, 0.3) is 0 Å². The third-order valence-electron chi connectivity index (χ3n) is 10.3. The van der Waals surface area contributed by atoms with Crippen molar-refractivity contribution < 1.29 is 28.6 Å². The van der Waals surface area contributed by atoms with Crippen LogP contribution >= 0.6 is 0 Å². The maximum Gasteiger partial charge on any atom is 0.306 e. The molecule has 0 radical (unpaired) electrons. The molecule has 0 spiro atoms. The average molecular weight is 823 g/mol. The van der Waals surface area contributed by atoms with Crippen LogP contribution in [-0.4, -0.2) is 37.2 Å². The standard InChI is InChI=1S/C53H90O6/c1-4-7-10-13-16-19-22-25-26-27-29-31-34-37-40-43-46-52(55)58-49-50(48-57-51(54)45-42-39-36-33-30-24-21-18-15-12-9-6-3)59-53(56)47-44-41-38-35-32-28-23-20-17-14-11-8-5-2/h7-8,10-11,14,16-17,19-20,23,25-26,50H,4-6,9,12-13,15,18,21-22,24,27-49H2,1-3H3/b10-7-,11-8-,17-14-,19-16-,23-20-,26-25-. The summed E-state index contributed by atoms with van der Waals surface area (Å²) in [6.07, 6.45) is 58.8. The summed E-state index contributed by atoms with van der Waals surface area (Å²) in [5, 5.41) is 0. The van der Waals surface area contributed by atoms with E-state index in [4.69, 9.17) is 14.2 Å². The Bertz CT molecular complexity index is 1130. The molecule has 0 N–H and O–H groups in total. The molecule has 6 heteroatoms. The predicted molar refractivity (Wildman–Crippen MR) is 251 cm³/mol. The highest BCUT2D eigenvalue weighted by Gasteiger charge is 2.19. The maximum atomic E-state index is 12.7. The lowest BCUT2D eigenvalue weighted by atomic mass is 10.0. The molecule has 0 heterocycles. The van der Waals surface area contributed by atoms with Crippen LogP contribution in [0.15, 0.2) is 72.9 Å². The molecule has 0 aromatic heterocycles. The van der Waals surface area contributed by atoms with Crippen molar-refractivity contribution >= 4 is 17.9 Å². The second-order valence-electron chi connectivity index (χ2n) is 16.0. The molecule has 1 unspecified atom stereocenters. The Morgan fingerprint density at radius 1 is 0.373 bits per heavy atom. The monoisotopic (exact) mass is 823 g/mol. The Morgan fingerprint density at radius 3 is 1.22 bits per heavy atom. The largest absolute Gasteiger partial charge is 0.462 e. The van der Waals surface area contributed by atoms with Crippen LogP contribution in [0.5, 0.6) is 0 Å². The average Bonchev–Trinajstić information content (AvgIpc) is 3.23. The molecule has 1 atom stereocenters. The van der Waals surface area contributed by atoms with Crippen molar-refractivity contribution in [3.63, 3.8) is 0 Å². The molecule has 59 heavy (non-hydrogen) atoms. The highest BCUT2D eigenvalue weighted by atomic mass is 16.6. The van der Waals surface area contributed by atoms with Crippen LogP contribution in [0.4, 0.5) is 0 Å². The van der Waals surface area contributed by atoms with Gasteiger partial charge in [-0.1, -0.05) is 209 Å². The molecule has 0 bridgehead atoms. The topological polar surface area (TPSA) is 78.9 Å². The first-order chi connectivity index (χ1) is 29.0. The van der Waals surface area contributed by atoms with Crippen LogP contribution in [0.3, 0.4) is 0 Å². The maximum absolute atomic E-state index is 12.7. The lowest BCUT2D eigenvalue weighted by Crippen LogP contribution is -2.30. The lowest BCUT2D eigenvalue weighted by molar-refractivity contribution is -0.167. The molecule has 0 fully saturated rings. The molecule has 0 aromatic rings. The van der Waals surface area contributed by atoms with Crippen LogP contribution in [0.1, 0.15) is 226 Å². The van der Waals surface area contributed by atoms with Gasteiger partial charge in [0.1, 0.15) is 13.2 Å². The van der Waals surface area contributed by atoms with Crippen LogP contribution in [-0.2, 0) is 28.6 Å². The first-order valence-corrected chi connectivity index (χ1v) is 24.5. The zero-order valence-corrected chi connectivity index (χ0v) is 38.5. The quantitative estimate of drug-likeness (QED) is 0.0200. The second kappa shape index (κ2) is 47.5. The number of unbranched alkanes of at least 4 members (excludes halogenated alkanes) is 22. The zero-order valence-electron chi connectivity index (χ0n) is 38.5. The Kier molecular flexibility index (Phi) is 45.0. The summed E-state index contributed by atoms with van der Waals surface area (Å²) in [6, 6.07) is 0. The van der Waals surface area contributed by atoms with Crippen molar-refractivity contribution in [3.05, 3.63) is 72.9 Å². The summed E-state index contributed by atoms with van der Waals surface area (Å²) in [4.78, 5) is 37.9. The Labute approximate surface area is 363 Å². The van der Waals surface area contributed by atoms with Gasteiger partial charge < -0.3 is 14.2 Å². The van der Waals surface area contributed by atoms with Gasteiger partial charge in [0.15, 0.2) is 6.10 Å². The summed E-state index contributed by atoms with van der Waals surface area (Å²) < 4.78 is 16.7. The molecule has 338 valence electrons. The normalized spacial score (nSPS) is 12.7. The van der Waals surface area contributed by atoms with Gasteiger partial charge in [-0.2, -0.15) is 0 Å². The van der Waals surface area contributed by atoms with E-state index >= 15 is 0 Å². The van der Waals surface area contributed by atoms with E-state index in [1.54, 1.807) is 0 Å². The van der Waals surface area contributed by atoms with Gasteiger partial charge >= 0.3 is 17.9 Å². The van der Waals surface area contributed by atoms with Crippen molar-refractivity contribution in [3.8, 4) is 0 Å². The van der Waals surface area contributed by atoms with E-state index in [1.165, 1.54) is 77.0 Å². The van der Waals surface area contributed by atoms with Crippen molar-refractivity contribution in [2.75, 3.05) is 13.2 Å². The first-order valence-electron chi connectivity index (χ1n) is 24.5. The van der Waals surface area contributed by atoms with Gasteiger partial charge in [0.05, 0.1) is 0 Å². The number of esters is 3. The molecule has 0 aliphatic rings. The SMILES string of the molecule is CC\C=C/C=C\C=C/CCCCCCCC(=O)OC(COC(=O)CCCCCCCC/C=C\C/C=C\C/C=C\CC)COC(=O)CCCCCCCCCCCCCC. The summed E-state index contributed by atoms with van der Waals surface area (Å²) in [5.74, 6) is -0.922. The Balaban J connectivity index is 4.42. The molecule has 0 amide bonds. The van der Waals surface area contributed by atoms with Gasteiger partial charge in [-0.05, 0) is 70.6 Å². The minimum Gasteiger partial charge on any atom is -0.462 e. The number of allylic oxidation sites excluding steroid dienone is 12. The number of carbonyl (C=O) groups excluding carboxylic acids is 3. The van der Waals surface area contributed by atoms with Crippen LogP contribution in [0.25, 0.3) is 0 Å². The molecular formula is C53H90O6. The number of hydrogen-bond acceptors (Lipinski definition) is 6. The van der Waals surface area contributed by atoms with E-state index in [0.717, 1.165) is 109 Å². The number of carbonyl (C=O) groups is 3. The van der Waals surface area contributed by atoms with Gasteiger partial charge in [0.2, 0.25) is 0 Å². The zero-order chi connectivity index (χ0) is 43.0. The molecule has 0 saturated heterocycles. The number of rotatable bonds is 43. The summed E-state index contributed by atoms with van der Waals surface area (Å²) >= 11 is 0. The smallest absolute Gasteiger partial charge is 0.306 e.